The van der Waals surface area contributed by atoms with Crippen molar-refractivity contribution in [2.45, 2.75) is 18.9 Å². The molecule has 0 spiro atoms. The van der Waals surface area contributed by atoms with Gasteiger partial charge >= 0.3 is 0 Å². The van der Waals surface area contributed by atoms with Crippen LogP contribution in [0.3, 0.4) is 0 Å². The normalized spacial score (nSPS) is 25.7. The van der Waals surface area contributed by atoms with Crippen LogP contribution in [0.4, 0.5) is 0 Å². The molecule has 0 aromatic carbocycles. The maximum atomic E-state index is 5.35. The van der Waals surface area contributed by atoms with Gasteiger partial charge in [0.25, 0.3) is 0 Å². The number of methoxy groups -OCH3 is 1. The molecule has 1 heterocycles. The molecule has 0 N–H and O–H groups in total. The second kappa shape index (κ2) is 2.27. The Morgan fingerprint density at radius 2 is 2.11 bits per heavy atom. The third-order valence-corrected chi connectivity index (χ3v) is 2.19. The summed E-state index contributed by atoms with van der Waals surface area (Å²) >= 11 is 0. The molecule has 54 valence electrons. The Morgan fingerprint density at radius 3 is 2.22 bits per heavy atom. The Bertz CT molecular complexity index is 91.1. The van der Waals surface area contributed by atoms with Gasteiger partial charge < -0.3 is 9.64 Å². The third-order valence-electron chi connectivity index (χ3n) is 2.19. The molecule has 0 atom stereocenters. The molecule has 0 saturated carbocycles. The number of likely N-dealkylation sites (N-methyl/N-ethyl adjacent to an activating group) is 1. The first-order chi connectivity index (χ1) is 4.22. The van der Waals surface area contributed by atoms with Crippen molar-refractivity contribution in [3.8, 4) is 0 Å². The predicted octanol–water partition coefficient (Wildman–Crippen LogP) is 0.727. The zero-order valence-corrected chi connectivity index (χ0v) is 6.48. The van der Waals surface area contributed by atoms with Gasteiger partial charge in [-0.2, -0.15) is 0 Å². The second-order valence-electron chi connectivity index (χ2n) is 2.91. The smallest absolute Gasteiger partial charge is 0.0928 e. The van der Waals surface area contributed by atoms with Crippen molar-refractivity contribution >= 4 is 0 Å². The highest BCUT2D eigenvalue weighted by atomic mass is 16.5. The monoisotopic (exact) mass is 129 g/mol. The molecule has 0 aliphatic carbocycles. The summed E-state index contributed by atoms with van der Waals surface area (Å²) in [5.41, 5.74) is 0.203. The Morgan fingerprint density at radius 1 is 1.56 bits per heavy atom. The summed E-state index contributed by atoms with van der Waals surface area (Å²) in [5, 5.41) is 0. The summed E-state index contributed by atoms with van der Waals surface area (Å²) in [4.78, 5) is 2.27. The molecule has 0 unspecified atom stereocenters. The van der Waals surface area contributed by atoms with Crippen molar-refractivity contribution in [2.75, 3.05) is 27.2 Å². The molecule has 1 aliphatic rings. The number of likely N-dealkylation sites (tertiary alicyclic amines) is 1. The molecule has 0 aromatic rings. The number of hydrogen-bond donors (Lipinski definition) is 0. The SMILES string of the molecule is CCC1(OC)CN(C)C1. The average molecular weight is 129 g/mol. The van der Waals surface area contributed by atoms with Gasteiger partial charge in [-0.05, 0) is 13.5 Å². The summed E-state index contributed by atoms with van der Waals surface area (Å²) in [6, 6.07) is 0. The van der Waals surface area contributed by atoms with Crippen LogP contribution in [-0.4, -0.2) is 37.7 Å². The molecule has 1 aliphatic heterocycles. The van der Waals surface area contributed by atoms with Crippen LogP contribution in [0.5, 0.6) is 0 Å². The van der Waals surface area contributed by atoms with E-state index in [0.717, 1.165) is 19.5 Å². The molecule has 9 heavy (non-hydrogen) atoms. The van der Waals surface area contributed by atoms with E-state index in [1.807, 2.05) is 0 Å². The second-order valence-corrected chi connectivity index (χ2v) is 2.91. The van der Waals surface area contributed by atoms with Crippen molar-refractivity contribution in [3.63, 3.8) is 0 Å². The fourth-order valence-electron chi connectivity index (χ4n) is 1.43. The van der Waals surface area contributed by atoms with Gasteiger partial charge in [-0.3, -0.25) is 0 Å². The molecule has 1 rings (SSSR count). The van der Waals surface area contributed by atoms with Crippen molar-refractivity contribution in [1.29, 1.82) is 0 Å². The van der Waals surface area contributed by atoms with Crippen LogP contribution in [0.15, 0.2) is 0 Å². The minimum atomic E-state index is 0.203. The van der Waals surface area contributed by atoms with Crippen LogP contribution in [0.2, 0.25) is 0 Å². The summed E-state index contributed by atoms with van der Waals surface area (Å²) in [7, 11) is 3.92. The van der Waals surface area contributed by atoms with Gasteiger partial charge in [-0.1, -0.05) is 6.92 Å². The van der Waals surface area contributed by atoms with E-state index < -0.39 is 0 Å². The lowest BCUT2D eigenvalue weighted by Gasteiger charge is -2.46. The van der Waals surface area contributed by atoms with Gasteiger partial charge in [0.15, 0.2) is 0 Å². The predicted molar refractivity (Wildman–Crippen MR) is 37.5 cm³/mol. The highest BCUT2D eigenvalue weighted by Crippen LogP contribution is 2.25. The third kappa shape index (κ3) is 1.10. The van der Waals surface area contributed by atoms with E-state index in [1.165, 1.54) is 0 Å². The first-order valence-electron chi connectivity index (χ1n) is 3.46. The number of hydrogen-bond acceptors (Lipinski definition) is 2. The Balaban J connectivity index is 2.36. The highest BCUT2D eigenvalue weighted by Gasteiger charge is 2.39. The first kappa shape index (κ1) is 7.03. The molecule has 0 amide bonds. The maximum absolute atomic E-state index is 5.35. The van der Waals surface area contributed by atoms with Gasteiger partial charge in [-0.15, -0.1) is 0 Å². The lowest BCUT2D eigenvalue weighted by Crippen LogP contribution is -2.60. The van der Waals surface area contributed by atoms with Crippen molar-refractivity contribution in [1.82, 2.24) is 4.90 Å². The molecule has 0 radical (unpaired) electrons. The zero-order valence-electron chi connectivity index (χ0n) is 6.48. The molecule has 1 fully saturated rings. The van der Waals surface area contributed by atoms with Gasteiger partial charge in [0.05, 0.1) is 5.60 Å². The number of nitrogens with zero attached hydrogens (tertiary/aromatic N) is 1. The summed E-state index contributed by atoms with van der Waals surface area (Å²) in [6.45, 7) is 4.37. The largest absolute Gasteiger partial charge is 0.376 e. The molecule has 1 saturated heterocycles. The van der Waals surface area contributed by atoms with E-state index in [9.17, 15) is 0 Å². The summed E-state index contributed by atoms with van der Waals surface area (Å²) in [6.07, 6.45) is 1.13. The fourth-order valence-corrected chi connectivity index (χ4v) is 1.43. The topological polar surface area (TPSA) is 12.5 Å². The Hall–Kier alpha value is -0.0800. The average Bonchev–Trinajstić information content (AvgIpc) is 1.81. The molecule has 2 nitrogen and oxygen atoms in total. The number of rotatable bonds is 2. The van der Waals surface area contributed by atoms with E-state index in [4.69, 9.17) is 4.74 Å². The molecule has 0 bridgehead atoms. The van der Waals surface area contributed by atoms with Crippen molar-refractivity contribution in [2.24, 2.45) is 0 Å². The van der Waals surface area contributed by atoms with Gasteiger partial charge in [0.2, 0.25) is 0 Å². The van der Waals surface area contributed by atoms with Crippen LogP contribution in [0.1, 0.15) is 13.3 Å². The van der Waals surface area contributed by atoms with Crippen LogP contribution >= 0.6 is 0 Å². The quantitative estimate of drug-likeness (QED) is 0.545. The fraction of sp³-hybridized carbons (Fsp3) is 1.00. The lowest BCUT2D eigenvalue weighted by atomic mass is 9.92. The van der Waals surface area contributed by atoms with Crippen LogP contribution in [0, 0.1) is 0 Å². The standard InChI is InChI=1S/C7H15NO/c1-4-7(9-3)5-8(2)6-7/h4-6H2,1-3H3. The minimum absolute atomic E-state index is 0.203. The Kier molecular flexibility index (Phi) is 1.78. The van der Waals surface area contributed by atoms with Gasteiger partial charge in [0, 0.05) is 20.2 Å². The van der Waals surface area contributed by atoms with E-state index in [2.05, 4.69) is 18.9 Å². The zero-order chi connectivity index (χ0) is 6.91. The minimum Gasteiger partial charge on any atom is -0.376 e. The molecule has 0 aromatic heterocycles. The van der Waals surface area contributed by atoms with Crippen LogP contribution < -0.4 is 0 Å². The molecular formula is C7H15NO. The van der Waals surface area contributed by atoms with Crippen molar-refractivity contribution < 1.29 is 4.74 Å². The van der Waals surface area contributed by atoms with Gasteiger partial charge in [0.1, 0.15) is 0 Å². The Labute approximate surface area is 56.8 Å². The van der Waals surface area contributed by atoms with E-state index in [-0.39, 0.29) is 5.60 Å². The van der Waals surface area contributed by atoms with Gasteiger partial charge in [-0.25, -0.2) is 0 Å². The summed E-state index contributed by atoms with van der Waals surface area (Å²) < 4.78 is 5.35. The van der Waals surface area contributed by atoms with Crippen LogP contribution in [-0.2, 0) is 4.74 Å². The maximum Gasteiger partial charge on any atom is 0.0928 e. The van der Waals surface area contributed by atoms with E-state index in [1.54, 1.807) is 7.11 Å². The van der Waals surface area contributed by atoms with E-state index in [0.29, 0.717) is 0 Å². The lowest BCUT2D eigenvalue weighted by molar-refractivity contribution is -0.116. The highest BCUT2D eigenvalue weighted by molar-refractivity contribution is 4.93. The van der Waals surface area contributed by atoms with Crippen molar-refractivity contribution in [3.05, 3.63) is 0 Å². The molecule has 2 heteroatoms. The van der Waals surface area contributed by atoms with Crippen LogP contribution in [0.25, 0.3) is 0 Å². The first-order valence-corrected chi connectivity index (χ1v) is 3.46. The summed E-state index contributed by atoms with van der Waals surface area (Å²) in [5.74, 6) is 0. The molecular weight excluding hydrogens is 114 g/mol. The van der Waals surface area contributed by atoms with E-state index >= 15 is 0 Å². The number of ether oxygens (including phenoxy) is 1.